The van der Waals surface area contributed by atoms with Gasteiger partial charge in [-0.1, -0.05) is 18.2 Å². The van der Waals surface area contributed by atoms with Gasteiger partial charge >= 0.3 is 0 Å². The number of nitrogens with zero attached hydrogens (tertiary/aromatic N) is 2. The SMILES string of the molecule is Oc1ccc(-c2ncc3ccccc3n2)cc1. The minimum absolute atomic E-state index is 0.245. The van der Waals surface area contributed by atoms with Crippen molar-refractivity contribution in [2.45, 2.75) is 0 Å². The van der Waals surface area contributed by atoms with E-state index in [0.717, 1.165) is 16.5 Å². The highest BCUT2D eigenvalue weighted by molar-refractivity contribution is 5.79. The van der Waals surface area contributed by atoms with E-state index in [4.69, 9.17) is 0 Å². The maximum atomic E-state index is 9.23. The van der Waals surface area contributed by atoms with Gasteiger partial charge in [0.1, 0.15) is 5.75 Å². The quantitative estimate of drug-likeness (QED) is 0.688. The van der Waals surface area contributed by atoms with Gasteiger partial charge in [0.25, 0.3) is 0 Å². The zero-order valence-corrected chi connectivity index (χ0v) is 9.04. The molecular formula is C14H10N2O. The number of benzene rings is 2. The standard InChI is InChI=1S/C14H10N2O/c17-12-7-5-10(6-8-12)14-15-9-11-3-1-2-4-13(11)16-14/h1-9,17H. The van der Waals surface area contributed by atoms with E-state index in [-0.39, 0.29) is 5.75 Å². The van der Waals surface area contributed by atoms with Crippen molar-refractivity contribution in [3.8, 4) is 17.1 Å². The third kappa shape index (κ3) is 1.83. The lowest BCUT2D eigenvalue weighted by molar-refractivity contribution is 0.475. The van der Waals surface area contributed by atoms with Gasteiger partial charge in [-0.3, -0.25) is 0 Å². The Hall–Kier alpha value is -2.42. The molecule has 0 atom stereocenters. The molecule has 3 heteroatoms. The average molecular weight is 222 g/mol. The van der Waals surface area contributed by atoms with Crippen LogP contribution in [-0.2, 0) is 0 Å². The molecule has 17 heavy (non-hydrogen) atoms. The van der Waals surface area contributed by atoms with E-state index < -0.39 is 0 Å². The Kier molecular flexibility index (Phi) is 2.22. The molecule has 0 aliphatic rings. The number of hydrogen-bond donors (Lipinski definition) is 1. The summed E-state index contributed by atoms with van der Waals surface area (Å²) in [5.74, 6) is 0.915. The first kappa shape index (κ1) is 9.78. The maximum absolute atomic E-state index is 9.23. The largest absolute Gasteiger partial charge is 0.508 e. The number of fused-ring (bicyclic) bond motifs is 1. The first-order chi connectivity index (χ1) is 8.33. The molecule has 0 radical (unpaired) electrons. The predicted molar refractivity (Wildman–Crippen MR) is 66.6 cm³/mol. The van der Waals surface area contributed by atoms with Crippen molar-refractivity contribution in [3.05, 3.63) is 54.7 Å². The second-order valence-corrected chi connectivity index (χ2v) is 3.80. The molecule has 0 amide bonds. The summed E-state index contributed by atoms with van der Waals surface area (Å²) in [5, 5.41) is 10.3. The predicted octanol–water partition coefficient (Wildman–Crippen LogP) is 3.00. The molecule has 82 valence electrons. The number of hydrogen-bond acceptors (Lipinski definition) is 3. The van der Waals surface area contributed by atoms with Crippen molar-refractivity contribution in [2.24, 2.45) is 0 Å². The van der Waals surface area contributed by atoms with E-state index in [9.17, 15) is 5.11 Å². The fourth-order valence-corrected chi connectivity index (χ4v) is 1.72. The average Bonchev–Trinajstić information content (AvgIpc) is 2.39. The molecule has 1 aromatic heterocycles. The smallest absolute Gasteiger partial charge is 0.159 e. The number of rotatable bonds is 1. The summed E-state index contributed by atoms with van der Waals surface area (Å²) in [6, 6.07) is 14.7. The Bertz CT molecular complexity index is 662. The molecule has 0 saturated carbocycles. The first-order valence-electron chi connectivity index (χ1n) is 5.34. The van der Waals surface area contributed by atoms with E-state index >= 15 is 0 Å². The van der Waals surface area contributed by atoms with Gasteiger partial charge in [-0.2, -0.15) is 0 Å². The Morgan fingerprint density at radius 2 is 1.65 bits per heavy atom. The Labute approximate surface area is 98.4 Å². The summed E-state index contributed by atoms with van der Waals surface area (Å²) in [6.07, 6.45) is 1.81. The van der Waals surface area contributed by atoms with Gasteiger partial charge < -0.3 is 5.11 Å². The number of phenolic OH excluding ortho intramolecular Hbond substituents is 1. The molecule has 0 aliphatic carbocycles. The van der Waals surface area contributed by atoms with Gasteiger partial charge in [-0.15, -0.1) is 0 Å². The summed E-state index contributed by atoms with van der Waals surface area (Å²) < 4.78 is 0. The fraction of sp³-hybridized carbons (Fsp3) is 0. The van der Waals surface area contributed by atoms with E-state index in [2.05, 4.69) is 9.97 Å². The lowest BCUT2D eigenvalue weighted by Crippen LogP contribution is -1.89. The number of aromatic nitrogens is 2. The molecule has 2 aromatic carbocycles. The molecule has 0 saturated heterocycles. The highest BCUT2D eigenvalue weighted by Crippen LogP contribution is 2.20. The normalized spacial score (nSPS) is 10.6. The van der Waals surface area contributed by atoms with Crippen LogP contribution in [0.25, 0.3) is 22.3 Å². The minimum Gasteiger partial charge on any atom is -0.508 e. The third-order valence-corrected chi connectivity index (χ3v) is 2.61. The summed E-state index contributed by atoms with van der Waals surface area (Å²) in [6.45, 7) is 0. The van der Waals surface area contributed by atoms with Crippen molar-refractivity contribution in [1.82, 2.24) is 9.97 Å². The van der Waals surface area contributed by atoms with Crippen LogP contribution in [0, 0.1) is 0 Å². The van der Waals surface area contributed by atoms with Crippen LogP contribution >= 0.6 is 0 Å². The summed E-state index contributed by atoms with van der Waals surface area (Å²) >= 11 is 0. The number of phenols is 1. The van der Waals surface area contributed by atoms with Gasteiger partial charge in [0.05, 0.1) is 5.52 Å². The highest BCUT2D eigenvalue weighted by Gasteiger charge is 2.02. The second kappa shape index (κ2) is 3.87. The van der Waals surface area contributed by atoms with Crippen LogP contribution < -0.4 is 0 Å². The zero-order valence-electron chi connectivity index (χ0n) is 9.04. The monoisotopic (exact) mass is 222 g/mol. The van der Waals surface area contributed by atoms with Crippen LogP contribution in [0.4, 0.5) is 0 Å². The van der Waals surface area contributed by atoms with E-state index in [1.165, 1.54) is 0 Å². The highest BCUT2D eigenvalue weighted by atomic mass is 16.3. The van der Waals surface area contributed by atoms with Gasteiger partial charge in [-0.05, 0) is 30.3 Å². The van der Waals surface area contributed by atoms with Gasteiger partial charge in [-0.25, -0.2) is 9.97 Å². The number of para-hydroxylation sites is 1. The van der Waals surface area contributed by atoms with E-state index in [0.29, 0.717) is 5.82 Å². The Morgan fingerprint density at radius 3 is 2.47 bits per heavy atom. The van der Waals surface area contributed by atoms with Gasteiger partial charge in [0.15, 0.2) is 5.82 Å². The third-order valence-electron chi connectivity index (χ3n) is 2.61. The second-order valence-electron chi connectivity index (χ2n) is 3.80. The van der Waals surface area contributed by atoms with Crippen LogP contribution in [0.3, 0.4) is 0 Å². The molecule has 3 nitrogen and oxygen atoms in total. The van der Waals surface area contributed by atoms with Crippen LogP contribution in [0.2, 0.25) is 0 Å². The maximum Gasteiger partial charge on any atom is 0.159 e. The topological polar surface area (TPSA) is 46.0 Å². The lowest BCUT2D eigenvalue weighted by atomic mass is 10.2. The molecule has 3 aromatic rings. The van der Waals surface area contributed by atoms with Crippen molar-refractivity contribution < 1.29 is 5.11 Å². The van der Waals surface area contributed by atoms with E-state index in [1.54, 1.807) is 24.3 Å². The summed E-state index contributed by atoms with van der Waals surface area (Å²) in [5.41, 5.74) is 1.82. The molecule has 0 bridgehead atoms. The van der Waals surface area contributed by atoms with E-state index in [1.807, 2.05) is 30.5 Å². The molecule has 0 fully saturated rings. The molecular weight excluding hydrogens is 212 g/mol. The van der Waals surface area contributed by atoms with Crippen LogP contribution in [0.15, 0.2) is 54.7 Å². The summed E-state index contributed by atoms with van der Waals surface area (Å²) in [7, 11) is 0. The van der Waals surface area contributed by atoms with Crippen LogP contribution in [-0.4, -0.2) is 15.1 Å². The van der Waals surface area contributed by atoms with Crippen molar-refractivity contribution in [3.63, 3.8) is 0 Å². The molecule has 1 N–H and O–H groups in total. The van der Waals surface area contributed by atoms with Gasteiger partial charge in [0, 0.05) is 17.1 Å². The Balaban J connectivity index is 2.14. The minimum atomic E-state index is 0.245. The van der Waals surface area contributed by atoms with Crippen molar-refractivity contribution >= 4 is 10.9 Å². The lowest BCUT2D eigenvalue weighted by Gasteiger charge is -2.02. The molecule has 3 rings (SSSR count). The summed E-state index contributed by atoms with van der Waals surface area (Å²) in [4.78, 5) is 8.80. The molecule has 1 heterocycles. The van der Waals surface area contributed by atoms with Crippen molar-refractivity contribution in [2.75, 3.05) is 0 Å². The molecule has 0 spiro atoms. The molecule has 0 aliphatic heterocycles. The number of aromatic hydroxyl groups is 1. The van der Waals surface area contributed by atoms with Crippen LogP contribution in [0.5, 0.6) is 5.75 Å². The first-order valence-corrected chi connectivity index (χ1v) is 5.34. The van der Waals surface area contributed by atoms with Crippen molar-refractivity contribution in [1.29, 1.82) is 0 Å². The zero-order chi connectivity index (χ0) is 11.7. The van der Waals surface area contributed by atoms with Gasteiger partial charge in [0.2, 0.25) is 0 Å². The Morgan fingerprint density at radius 1 is 0.882 bits per heavy atom. The molecule has 0 unspecified atom stereocenters. The van der Waals surface area contributed by atoms with Crippen LogP contribution in [0.1, 0.15) is 0 Å². The fourth-order valence-electron chi connectivity index (χ4n) is 1.72.